The molecule has 0 bridgehead atoms. The molecule has 0 saturated carbocycles. The molecule has 23 heavy (non-hydrogen) atoms. The Labute approximate surface area is 143 Å². The molecule has 0 unspecified atom stereocenters. The highest BCUT2D eigenvalue weighted by atomic mass is 35.5. The standard InChI is InChI=1S/C18H26ClN3O/c1-4-11-22(12-10-19)15-8-9-17-16(13-15)20-18(21(17)3)7-5-6-14(2)23/h8-9,13H,4-7,10-12H2,1-3H3. The van der Waals surface area contributed by atoms with Crippen molar-refractivity contribution < 1.29 is 4.79 Å². The zero-order valence-corrected chi connectivity index (χ0v) is 15.1. The van der Waals surface area contributed by atoms with Gasteiger partial charge in [0.15, 0.2) is 0 Å². The van der Waals surface area contributed by atoms with Gasteiger partial charge in [0.25, 0.3) is 0 Å². The number of imidazole rings is 1. The van der Waals surface area contributed by atoms with Crippen LogP contribution in [0.1, 0.15) is 38.9 Å². The van der Waals surface area contributed by atoms with E-state index in [9.17, 15) is 4.79 Å². The van der Waals surface area contributed by atoms with Gasteiger partial charge in [-0.2, -0.15) is 0 Å². The number of Topliss-reactive ketones (excluding diaryl/α,β-unsaturated/α-hetero) is 1. The molecule has 0 spiro atoms. The second-order valence-electron chi connectivity index (χ2n) is 5.99. The number of aromatic nitrogens is 2. The summed E-state index contributed by atoms with van der Waals surface area (Å²) in [5.41, 5.74) is 3.32. The van der Waals surface area contributed by atoms with E-state index >= 15 is 0 Å². The highest BCUT2D eigenvalue weighted by Crippen LogP contribution is 2.23. The van der Waals surface area contributed by atoms with Crippen molar-refractivity contribution in [2.75, 3.05) is 23.9 Å². The Bertz CT molecular complexity index is 660. The SMILES string of the molecule is CCCN(CCCl)c1ccc2c(c1)nc(CCCC(C)=O)n2C. The molecule has 126 valence electrons. The van der Waals surface area contributed by atoms with Crippen LogP contribution >= 0.6 is 11.6 Å². The molecule has 0 fully saturated rings. The lowest BCUT2D eigenvalue weighted by atomic mass is 10.2. The largest absolute Gasteiger partial charge is 0.370 e. The van der Waals surface area contributed by atoms with Crippen molar-refractivity contribution in [3.05, 3.63) is 24.0 Å². The van der Waals surface area contributed by atoms with Crippen molar-refractivity contribution in [2.45, 2.75) is 39.5 Å². The molecule has 0 amide bonds. The molecule has 0 radical (unpaired) electrons. The fourth-order valence-electron chi connectivity index (χ4n) is 2.90. The minimum absolute atomic E-state index is 0.238. The molecule has 0 atom stereocenters. The first-order chi connectivity index (χ1) is 11.1. The van der Waals surface area contributed by atoms with Gasteiger partial charge in [-0.3, -0.25) is 0 Å². The van der Waals surface area contributed by atoms with Crippen LogP contribution in [-0.2, 0) is 18.3 Å². The highest BCUT2D eigenvalue weighted by molar-refractivity contribution is 6.18. The van der Waals surface area contributed by atoms with Gasteiger partial charge in [-0.1, -0.05) is 6.92 Å². The third kappa shape index (κ3) is 4.47. The second-order valence-corrected chi connectivity index (χ2v) is 6.37. The van der Waals surface area contributed by atoms with Crippen LogP contribution in [0.25, 0.3) is 11.0 Å². The smallest absolute Gasteiger partial charge is 0.129 e. The summed E-state index contributed by atoms with van der Waals surface area (Å²) in [4.78, 5) is 18.2. The average Bonchev–Trinajstić information content (AvgIpc) is 2.83. The van der Waals surface area contributed by atoms with Gasteiger partial charge in [-0.05, 0) is 38.0 Å². The van der Waals surface area contributed by atoms with E-state index < -0.39 is 0 Å². The zero-order chi connectivity index (χ0) is 16.8. The van der Waals surface area contributed by atoms with Gasteiger partial charge >= 0.3 is 0 Å². The molecule has 0 aliphatic heterocycles. The number of hydrogen-bond acceptors (Lipinski definition) is 3. The van der Waals surface area contributed by atoms with Crippen LogP contribution in [0.2, 0.25) is 0 Å². The van der Waals surface area contributed by atoms with Crippen molar-refractivity contribution in [3.63, 3.8) is 0 Å². The predicted molar refractivity (Wildman–Crippen MR) is 97.6 cm³/mol. The molecule has 4 nitrogen and oxygen atoms in total. The monoisotopic (exact) mass is 335 g/mol. The molecule has 1 aromatic heterocycles. The lowest BCUT2D eigenvalue weighted by Crippen LogP contribution is -2.26. The van der Waals surface area contributed by atoms with Crippen molar-refractivity contribution >= 4 is 34.1 Å². The van der Waals surface area contributed by atoms with Gasteiger partial charge in [0.05, 0.1) is 11.0 Å². The van der Waals surface area contributed by atoms with E-state index in [1.807, 2.05) is 7.05 Å². The number of alkyl halides is 1. The Kier molecular flexibility index (Phi) is 6.46. The Morgan fingerprint density at radius 3 is 2.78 bits per heavy atom. The van der Waals surface area contributed by atoms with Gasteiger partial charge < -0.3 is 14.3 Å². The summed E-state index contributed by atoms with van der Waals surface area (Å²) in [6.07, 6.45) is 3.40. The maximum Gasteiger partial charge on any atom is 0.129 e. The maximum atomic E-state index is 11.1. The van der Waals surface area contributed by atoms with Crippen LogP contribution < -0.4 is 4.90 Å². The number of fused-ring (bicyclic) bond motifs is 1. The number of nitrogens with zero attached hydrogens (tertiary/aromatic N) is 3. The summed E-state index contributed by atoms with van der Waals surface area (Å²) in [5, 5.41) is 0. The maximum absolute atomic E-state index is 11.1. The summed E-state index contributed by atoms with van der Waals surface area (Å²) >= 11 is 5.92. The molecule has 5 heteroatoms. The van der Waals surface area contributed by atoms with Gasteiger partial charge in [0.2, 0.25) is 0 Å². The molecule has 2 rings (SSSR count). The number of carbonyl (C=O) groups excluding carboxylic acids is 1. The first kappa shape index (κ1) is 17.8. The number of ketones is 1. The van der Waals surface area contributed by atoms with Crippen molar-refractivity contribution in [1.29, 1.82) is 0 Å². The van der Waals surface area contributed by atoms with E-state index in [1.54, 1.807) is 6.92 Å². The second kappa shape index (κ2) is 8.34. The number of halogens is 1. The van der Waals surface area contributed by atoms with E-state index in [-0.39, 0.29) is 5.78 Å². The molecule has 0 aliphatic carbocycles. The molecule has 0 N–H and O–H groups in total. The molecular weight excluding hydrogens is 310 g/mol. The summed E-state index contributed by atoms with van der Waals surface area (Å²) in [7, 11) is 2.04. The van der Waals surface area contributed by atoms with Crippen LogP contribution in [-0.4, -0.2) is 34.3 Å². The summed E-state index contributed by atoms with van der Waals surface area (Å²) < 4.78 is 2.13. The zero-order valence-electron chi connectivity index (χ0n) is 14.3. The Morgan fingerprint density at radius 2 is 2.13 bits per heavy atom. The molecule has 2 aromatic rings. The number of anilines is 1. The number of benzene rings is 1. The van der Waals surface area contributed by atoms with Crippen LogP contribution in [0.15, 0.2) is 18.2 Å². The average molecular weight is 336 g/mol. The van der Waals surface area contributed by atoms with Crippen LogP contribution in [0, 0.1) is 0 Å². The van der Waals surface area contributed by atoms with Gasteiger partial charge in [0.1, 0.15) is 11.6 Å². The van der Waals surface area contributed by atoms with Crippen LogP contribution in [0.4, 0.5) is 5.69 Å². The number of rotatable bonds is 9. The summed E-state index contributed by atoms with van der Waals surface area (Å²) in [6.45, 7) is 5.66. The quantitative estimate of drug-likeness (QED) is 0.651. The summed E-state index contributed by atoms with van der Waals surface area (Å²) in [5.74, 6) is 1.90. The van der Waals surface area contributed by atoms with E-state index in [4.69, 9.17) is 16.6 Å². The molecular formula is C18H26ClN3O. The number of aryl methyl sites for hydroxylation is 2. The molecule has 0 saturated heterocycles. The van der Waals surface area contributed by atoms with Crippen LogP contribution in [0.3, 0.4) is 0 Å². The fourth-order valence-corrected chi connectivity index (χ4v) is 3.10. The lowest BCUT2D eigenvalue weighted by Gasteiger charge is -2.23. The minimum atomic E-state index is 0.238. The Hall–Kier alpha value is -1.55. The lowest BCUT2D eigenvalue weighted by molar-refractivity contribution is -0.117. The van der Waals surface area contributed by atoms with Crippen molar-refractivity contribution in [2.24, 2.45) is 7.05 Å². The van der Waals surface area contributed by atoms with E-state index in [1.165, 1.54) is 5.69 Å². The van der Waals surface area contributed by atoms with Crippen molar-refractivity contribution in [1.82, 2.24) is 9.55 Å². The number of hydrogen-bond donors (Lipinski definition) is 0. The van der Waals surface area contributed by atoms with E-state index in [2.05, 4.69) is 34.6 Å². The Balaban J connectivity index is 2.23. The normalized spacial score (nSPS) is 11.1. The van der Waals surface area contributed by atoms with E-state index in [0.29, 0.717) is 12.3 Å². The third-order valence-electron chi connectivity index (χ3n) is 4.10. The molecule has 1 heterocycles. The minimum Gasteiger partial charge on any atom is -0.370 e. The van der Waals surface area contributed by atoms with E-state index in [0.717, 1.165) is 49.2 Å². The Morgan fingerprint density at radius 1 is 1.35 bits per heavy atom. The van der Waals surface area contributed by atoms with Crippen molar-refractivity contribution in [3.8, 4) is 0 Å². The molecule has 0 aliphatic rings. The first-order valence-corrected chi connectivity index (χ1v) is 8.86. The topological polar surface area (TPSA) is 38.1 Å². The van der Waals surface area contributed by atoms with Gasteiger partial charge in [-0.15, -0.1) is 11.6 Å². The predicted octanol–water partition coefficient (Wildman–Crippen LogP) is 3.94. The summed E-state index contributed by atoms with van der Waals surface area (Å²) in [6, 6.07) is 6.42. The molecule has 1 aromatic carbocycles. The van der Waals surface area contributed by atoms with Crippen LogP contribution in [0.5, 0.6) is 0 Å². The highest BCUT2D eigenvalue weighted by Gasteiger charge is 2.11. The first-order valence-electron chi connectivity index (χ1n) is 8.32. The number of carbonyl (C=O) groups is 1. The fraction of sp³-hybridized carbons (Fsp3) is 0.556. The van der Waals surface area contributed by atoms with Gasteiger partial charge in [0, 0.05) is 44.5 Å². The third-order valence-corrected chi connectivity index (χ3v) is 4.27. The van der Waals surface area contributed by atoms with Gasteiger partial charge in [-0.25, -0.2) is 4.98 Å².